The molecule has 1 unspecified atom stereocenters. The Bertz CT molecular complexity index is 480. The lowest BCUT2D eigenvalue weighted by molar-refractivity contribution is -0.181. The van der Waals surface area contributed by atoms with Gasteiger partial charge in [-0.25, -0.2) is 4.79 Å². The molecule has 0 amide bonds. The molecule has 2 heterocycles. The Balaban J connectivity index is 2.04. The van der Waals surface area contributed by atoms with Crippen LogP contribution in [0.4, 0.5) is 0 Å². The maximum absolute atomic E-state index is 12.0. The van der Waals surface area contributed by atoms with Crippen molar-refractivity contribution in [3.63, 3.8) is 0 Å². The summed E-state index contributed by atoms with van der Waals surface area (Å²) in [7, 11) is 0. The topological polar surface area (TPSA) is 64.5 Å². The van der Waals surface area contributed by atoms with Crippen LogP contribution in [0.3, 0.4) is 0 Å². The second-order valence-corrected chi connectivity index (χ2v) is 5.10. The zero-order valence-electron chi connectivity index (χ0n) is 12.3. The molecule has 1 aromatic heterocycles. The van der Waals surface area contributed by atoms with Gasteiger partial charge in [-0.3, -0.25) is 14.9 Å². The van der Waals surface area contributed by atoms with Crippen LogP contribution < -0.4 is 0 Å². The average molecular weight is 279 g/mol. The molecule has 0 spiro atoms. The van der Waals surface area contributed by atoms with Crippen molar-refractivity contribution in [3.8, 4) is 0 Å². The molecular weight excluding hydrogens is 258 g/mol. The van der Waals surface area contributed by atoms with Gasteiger partial charge in [0.05, 0.1) is 24.6 Å². The van der Waals surface area contributed by atoms with E-state index in [1.54, 1.807) is 26.2 Å². The highest BCUT2D eigenvalue weighted by molar-refractivity contribution is 5.79. The van der Waals surface area contributed by atoms with Crippen LogP contribution in [0.15, 0.2) is 12.4 Å². The van der Waals surface area contributed by atoms with Gasteiger partial charge >= 0.3 is 5.97 Å². The summed E-state index contributed by atoms with van der Waals surface area (Å²) in [6.45, 7) is 8.32. The number of nitrogens with zero attached hydrogens (tertiary/aromatic N) is 3. The summed E-state index contributed by atoms with van der Waals surface area (Å²) in [5.41, 5.74) is 0.946. The molecule has 1 aliphatic heterocycles. The second kappa shape index (κ2) is 6.28. The lowest BCUT2D eigenvalue weighted by atomic mass is 10.0. The standard InChI is InChI=1S/C14H21N3O3/c1-4-19-13(18)14(3)10-17(7-8-20-14)9-12-11(2)15-5-6-16-12/h5-6H,4,7-10H2,1-3H3. The molecule has 1 aromatic rings. The predicted octanol–water partition coefficient (Wildman–Crippen LogP) is 0.939. The Hall–Kier alpha value is -1.53. The number of aryl methyl sites for hydroxylation is 1. The minimum absolute atomic E-state index is 0.305. The van der Waals surface area contributed by atoms with Crippen molar-refractivity contribution >= 4 is 5.97 Å². The molecule has 2 rings (SSSR count). The third-order valence-electron chi connectivity index (χ3n) is 3.42. The minimum atomic E-state index is -0.898. The molecule has 6 nitrogen and oxygen atoms in total. The van der Waals surface area contributed by atoms with Crippen LogP contribution in [-0.4, -0.2) is 52.7 Å². The molecule has 1 saturated heterocycles. The zero-order chi connectivity index (χ0) is 14.6. The highest BCUT2D eigenvalue weighted by atomic mass is 16.6. The third-order valence-corrected chi connectivity index (χ3v) is 3.42. The van der Waals surface area contributed by atoms with E-state index >= 15 is 0 Å². The van der Waals surface area contributed by atoms with Crippen LogP contribution in [-0.2, 0) is 20.8 Å². The predicted molar refractivity (Wildman–Crippen MR) is 73.0 cm³/mol. The molecule has 110 valence electrons. The summed E-state index contributed by atoms with van der Waals surface area (Å²) in [6, 6.07) is 0. The summed E-state index contributed by atoms with van der Waals surface area (Å²) < 4.78 is 10.7. The summed E-state index contributed by atoms with van der Waals surface area (Å²) in [5.74, 6) is -0.305. The first-order chi connectivity index (χ1) is 9.55. The second-order valence-electron chi connectivity index (χ2n) is 5.10. The van der Waals surface area contributed by atoms with Gasteiger partial charge < -0.3 is 9.47 Å². The van der Waals surface area contributed by atoms with E-state index in [0.29, 0.717) is 26.3 Å². The molecule has 0 saturated carbocycles. The van der Waals surface area contributed by atoms with Crippen molar-refractivity contribution in [1.29, 1.82) is 0 Å². The first kappa shape index (κ1) is 14.9. The number of ether oxygens (including phenoxy) is 2. The summed E-state index contributed by atoms with van der Waals surface area (Å²) in [6.07, 6.45) is 3.37. The van der Waals surface area contributed by atoms with Crippen LogP contribution in [0.1, 0.15) is 25.2 Å². The highest BCUT2D eigenvalue weighted by Gasteiger charge is 2.40. The molecule has 0 bridgehead atoms. The third kappa shape index (κ3) is 3.32. The maximum atomic E-state index is 12.0. The lowest BCUT2D eigenvalue weighted by Gasteiger charge is -2.38. The fraction of sp³-hybridized carbons (Fsp3) is 0.643. The van der Waals surface area contributed by atoms with Crippen LogP contribution in [0, 0.1) is 6.92 Å². The summed E-state index contributed by atoms with van der Waals surface area (Å²) in [4.78, 5) is 22.7. The maximum Gasteiger partial charge on any atom is 0.339 e. The van der Waals surface area contributed by atoms with E-state index in [1.807, 2.05) is 6.92 Å². The van der Waals surface area contributed by atoms with E-state index in [0.717, 1.165) is 17.9 Å². The molecule has 0 radical (unpaired) electrons. The largest absolute Gasteiger partial charge is 0.464 e. The van der Waals surface area contributed by atoms with Crippen molar-refractivity contribution in [3.05, 3.63) is 23.8 Å². The SMILES string of the molecule is CCOC(=O)C1(C)CN(Cc2nccnc2C)CCO1. The molecule has 0 aliphatic carbocycles. The van der Waals surface area contributed by atoms with Crippen molar-refractivity contribution in [1.82, 2.24) is 14.9 Å². The number of morpholine rings is 1. The summed E-state index contributed by atoms with van der Waals surface area (Å²) >= 11 is 0. The Morgan fingerprint density at radius 2 is 2.25 bits per heavy atom. The van der Waals surface area contributed by atoms with Gasteiger partial charge in [-0.2, -0.15) is 0 Å². The Labute approximate surface area is 119 Å². The Kier molecular flexibility index (Phi) is 4.67. The normalized spacial score (nSPS) is 23.6. The van der Waals surface area contributed by atoms with Crippen LogP contribution in [0.25, 0.3) is 0 Å². The van der Waals surface area contributed by atoms with Gasteiger partial charge in [-0.1, -0.05) is 0 Å². The van der Waals surface area contributed by atoms with Gasteiger partial charge in [-0.15, -0.1) is 0 Å². The Morgan fingerprint density at radius 1 is 1.50 bits per heavy atom. The molecule has 0 N–H and O–H groups in total. The van der Waals surface area contributed by atoms with E-state index in [-0.39, 0.29) is 5.97 Å². The minimum Gasteiger partial charge on any atom is -0.464 e. The van der Waals surface area contributed by atoms with Gasteiger partial charge in [-0.05, 0) is 20.8 Å². The van der Waals surface area contributed by atoms with Gasteiger partial charge in [0.25, 0.3) is 0 Å². The van der Waals surface area contributed by atoms with Gasteiger partial charge in [0.2, 0.25) is 0 Å². The highest BCUT2D eigenvalue weighted by Crippen LogP contribution is 2.21. The van der Waals surface area contributed by atoms with Crippen molar-refractivity contribution in [2.45, 2.75) is 32.9 Å². The molecule has 6 heteroatoms. The average Bonchev–Trinajstić information content (AvgIpc) is 2.42. The number of aromatic nitrogens is 2. The number of carbonyl (C=O) groups is 1. The monoisotopic (exact) mass is 279 g/mol. The van der Waals surface area contributed by atoms with Crippen molar-refractivity contribution in [2.75, 3.05) is 26.3 Å². The molecule has 1 atom stereocenters. The van der Waals surface area contributed by atoms with E-state index in [4.69, 9.17) is 9.47 Å². The lowest BCUT2D eigenvalue weighted by Crippen LogP contribution is -2.55. The van der Waals surface area contributed by atoms with Crippen molar-refractivity contribution in [2.24, 2.45) is 0 Å². The van der Waals surface area contributed by atoms with E-state index < -0.39 is 5.60 Å². The number of rotatable bonds is 4. The van der Waals surface area contributed by atoms with E-state index in [1.165, 1.54) is 0 Å². The number of hydrogen-bond donors (Lipinski definition) is 0. The molecule has 1 fully saturated rings. The van der Waals surface area contributed by atoms with Gasteiger partial charge in [0.15, 0.2) is 5.60 Å². The number of carbonyl (C=O) groups excluding carboxylic acids is 1. The van der Waals surface area contributed by atoms with Gasteiger partial charge in [0.1, 0.15) is 0 Å². The van der Waals surface area contributed by atoms with Crippen LogP contribution >= 0.6 is 0 Å². The molecule has 20 heavy (non-hydrogen) atoms. The van der Waals surface area contributed by atoms with E-state index in [9.17, 15) is 4.79 Å². The first-order valence-electron chi connectivity index (χ1n) is 6.85. The smallest absolute Gasteiger partial charge is 0.339 e. The van der Waals surface area contributed by atoms with Gasteiger partial charge in [0, 0.05) is 32.0 Å². The van der Waals surface area contributed by atoms with Crippen LogP contribution in [0.5, 0.6) is 0 Å². The number of hydrogen-bond acceptors (Lipinski definition) is 6. The number of esters is 1. The molecule has 0 aromatic carbocycles. The molecular formula is C14H21N3O3. The Morgan fingerprint density at radius 3 is 2.95 bits per heavy atom. The fourth-order valence-electron chi connectivity index (χ4n) is 2.30. The quantitative estimate of drug-likeness (QED) is 0.764. The zero-order valence-corrected chi connectivity index (χ0v) is 12.3. The fourth-order valence-corrected chi connectivity index (χ4v) is 2.30. The molecule has 1 aliphatic rings. The van der Waals surface area contributed by atoms with Crippen LogP contribution in [0.2, 0.25) is 0 Å². The first-order valence-corrected chi connectivity index (χ1v) is 6.85. The summed E-state index contributed by atoms with van der Waals surface area (Å²) in [5, 5.41) is 0. The van der Waals surface area contributed by atoms with E-state index in [2.05, 4.69) is 14.9 Å². The van der Waals surface area contributed by atoms with Crippen molar-refractivity contribution < 1.29 is 14.3 Å².